The number of aryl methyl sites for hydroxylation is 3. The average Bonchev–Trinajstić information content (AvgIpc) is 2.76. The van der Waals surface area contributed by atoms with Gasteiger partial charge in [-0.1, -0.05) is 0 Å². The van der Waals surface area contributed by atoms with Crippen molar-refractivity contribution in [1.29, 1.82) is 0 Å². The van der Waals surface area contributed by atoms with E-state index in [1.54, 1.807) is 6.20 Å². The Balaban J connectivity index is 2.08. The molecule has 5 heteroatoms. The van der Waals surface area contributed by atoms with Gasteiger partial charge in [-0.2, -0.15) is 5.10 Å². The number of nitrogens with zero attached hydrogens (tertiary/aromatic N) is 3. The van der Waals surface area contributed by atoms with Crippen LogP contribution in [0.15, 0.2) is 24.5 Å². The van der Waals surface area contributed by atoms with Crippen LogP contribution in [0.1, 0.15) is 17.0 Å². The first-order valence-corrected chi connectivity index (χ1v) is 6.15. The summed E-state index contributed by atoms with van der Waals surface area (Å²) in [5, 5.41) is 11.6. The van der Waals surface area contributed by atoms with Crippen molar-refractivity contribution in [3.63, 3.8) is 0 Å². The molecule has 0 unspecified atom stereocenters. The second-order valence-electron chi connectivity index (χ2n) is 4.66. The van der Waals surface area contributed by atoms with E-state index in [1.165, 1.54) is 0 Å². The van der Waals surface area contributed by atoms with Crippen molar-refractivity contribution < 1.29 is 0 Å². The number of anilines is 2. The number of aromatic nitrogens is 4. The van der Waals surface area contributed by atoms with Gasteiger partial charge in [-0.25, -0.2) is 4.98 Å². The Bertz CT molecular complexity index is 745. The second kappa shape index (κ2) is 4.35. The number of fused-ring (bicyclic) bond motifs is 1. The quantitative estimate of drug-likeness (QED) is 0.736. The first kappa shape index (κ1) is 11.6. The minimum atomic E-state index is 0.803. The van der Waals surface area contributed by atoms with Gasteiger partial charge in [0.05, 0.1) is 28.5 Å². The molecule has 19 heavy (non-hydrogen) atoms. The molecule has 0 aliphatic carbocycles. The lowest BCUT2D eigenvalue weighted by molar-refractivity contribution is 1.07. The van der Waals surface area contributed by atoms with Crippen LogP contribution in [0.3, 0.4) is 0 Å². The molecule has 0 radical (unpaired) electrons. The van der Waals surface area contributed by atoms with Crippen molar-refractivity contribution >= 4 is 22.4 Å². The summed E-state index contributed by atoms with van der Waals surface area (Å²) in [5.74, 6) is 0.803. The van der Waals surface area contributed by atoms with Crippen molar-refractivity contribution in [2.75, 3.05) is 5.32 Å². The molecule has 5 nitrogen and oxygen atoms in total. The van der Waals surface area contributed by atoms with Gasteiger partial charge in [-0.3, -0.25) is 10.1 Å². The Hall–Kier alpha value is -2.43. The van der Waals surface area contributed by atoms with E-state index in [-0.39, 0.29) is 0 Å². The molecule has 3 aromatic heterocycles. The van der Waals surface area contributed by atoms with Gasteiger partial charge < -0.3 is 5.32 Å². The maximum absolute atomic E-state index is 4.40. The molecule has 0 saturated heterocycles. The van der Waals surface area contributed by atoms with Gasteiger partial charge in [-0.15, -0.1) is 0 Å². The summed E-state index contributed by atoms with van der Waals surface area (Å²) in [6.07, 6.45) is 3.60. The Morgan fingerprint density at radius 1 is 1.16 bits per heavy atom. The molecule has 0 aliphatic rings. The van der Waals surface area contributed by atoms with Crippen LogP contribution in [0.25, 0.3) is 10.9 Å². The van der Waals surface area contributed by atoms with Crippen LogP contribution >= 0.6 is 0 Å². The van der Waals surface area contributed by atoms with Gasteiger partial charge in [0.25, 0.3) is 0 Å². The van der Waals surface area contributed by atoms with Crippen LogP contribution < -0.4 is 5.32 Å². The monoisotopic (exact) mass is 253 g/mol. The van der Waals surface area contributed by atoms with E-state index < -0.39 is 0 Å². The normalized spacial score (nSPS) is 10.9. The van der Waals surface area contributed by atoms with Crippen molar-refractivity contribution in [3.8, 4) is 0 Å². The standard InChI is InChI=1S/C14H15N5/c1-8-6-9(2)16-7-12(8)17-14-13-10(3)18-19-11(13)4-5-15-14/h4-7H,1-3H3,(H,15,17)(H,18,19). The third-order valence-corrected chi connectivity index (χ3v) is 3.16. The Morgan fingerprint density at radius 3 is 2.79 bits per heavy atom. The van der Waals surface area contributed by atoms with Gasteiger partial charge >= 0.3 is 0 Å². The first-order chi connectivity index (χ1) is 9.15. The Morgan fingerprint density at radius 2 is 2.00 bits per heavy atom. The predicted molar refractivity (Wildman–Crippen MR) is 75.6 cm³/mol. The topological polar surface area (TPSA) is 66.5 Å². The van der Waals surface area contributed by atoms with E-state index in [2.05, 4.69) is 32.4 Å². The molecule has 3 heterocycles. The molecular formula is C14H15N5. The summed E-state index contributed by atoms with van der Waals surface area (Å²) in [6.45, 7) is 6.00. The predicted octanol–water partition coefficient (Wildman–Crippen LogP) is 3.02. The average molecular weight is 253 g/mol. The maximum Gasteiger partial charge on any atom is 0.141 e. The highest BCUT2D eigenvalue weighted by molar-refractivity contribution is 5.92. The van der Waals surface area contributed by atoms with Gasteiger partial charge in [0.1, 0.15) is 5.82 Å². The number of nitrogens with one attached hydrogen (secondary N) is 2. The van der Waals surface area contributed by atoms with Crippen molar-refractivity contribution in [1.82, 2.24) is 20.2 Å². The SMILES string of the molecule is Cc1cc(C)c(Nc2nccc3[nH]nc(C)c23)cn1. The molecule has 2 N–H and O–H groups in total. The van der Waals surface area contributed by atoms with E-state index >= 15 is 0 Å². The fourth-order valence-corrected chi connectivity index (χ4v) is 2.17. The van der Waals surface area contributed by atoms with Gasteiger partial charge in [0, 0.05) is 11.9 Å². The lowest BCUT2D eigenvalue weighted by Crippen LogP contribution is -1.98. The Labute approximate surface area is 111 Å². The lowest BCUT2D eigenvalue weighted by atomic mass is 10.2. The van der Waals surface area contributed by atoms with Crippen LogP contribution in [-0.2, 0) is 0 Å². The molecule has 0 amide bonds. The van der Waals surface area contributed by atoms with Crippen LogP contribution in [0, 0.1) is 20.8 Å². The summed E-state index contributed by atoms with van der Waals surface area (Å²) < 4.78 is 0. The van der Waals surface area contributed by atoms with Crippen LogP contribution in [0.2, 0.25) is 0 Å². The van der Waals surface area contributed by atoms with E-state index in [1.807, 2.05) is 32.2 Å². The van der Waals surface area contributed by atoms with E-state index in [4.69, 9.17) is 0 Å². The summed E-state index contributed by atoms with van der Waals surface area (Å²) in [6, 6.07) is 3.96. The minimum Gasteiger partial charge on any atom is -0.338 e. The highest BCUT2D eigenvalue weighted by Crippen LogP contribution is 2.26. The van der Waals surface area contributed by atoms with Crippen LogP contribution in [-0.4, -0.2) is 20.2 Å². The zero-order chi connectivity index (χ0) is 13.4. The molecule has 0 aliphatic heterocycles. The minimum absolute atomic E-state index is 0.803. The fraction of sp³-hybridized carbons (Fsp3) is 0.214. The highest BCUT2D eigenvalue weighted by atomic mass is 15.1. The molecule has 0 bridgehead atoms. The molecular weight excluding hydrogens is 238 g/mol. The number of pyridine rings is 2. The van der Waals surface area contributed by atoms with Crippen LogP contribution in [0.5, 0.6) is 0 Å². The highest BCUT2D eigenvalue weighted by Gasteiger charge is 2.09. The lowest BCUT2D eigenvalue weighted by Gasteiger charge is -2.09. The molecule has 3 rings (SSSR count). The largest absolute Gasteiger partial charge is 0.338 e. The van der Waals surface area contributed by atoms with Crippen molar-refractivity contribution in [2.45, 2.75) is 20.8 Å². The zero-order valence-corrected chi connectivity index (χ0v) is 11.2. The van der Waals surface area contributed by atoms with E-state index in [0.717, 1.165) is 39.4 Å². The maximum atomic E-state index is 4.40. The molecule has 0 atom stereocenters. The molecule has 0 fully saturated rings. The summed E-state index contributed by atoms with van der Waals surface area (Å²) in [5.41, 5.74) is 5.03. The molecule has 0 aromatic carbocycles. The second-order valence-corrected chi connectivity index (χ2v) is 4.66. The molecule has 96 valence electrons. The van der Waals surface area contributed by atoms with E-state index in [9.17, 15) is 0 Å². The van der Waals surface area contributed by atoms with Crippen molar-refractivity contribution in [2.24, 2.45) is 0 Å². The smallest absolute Gasteiger partial charge is 0.141 e. The first-order valence-electron chi connectivity index (χ1n) is 6.15. The molecule has 0 saturated carbocycles. The fourth-order valence-electron chi connectivity index (χ4n) is 2.17. The number of H-pyrrole nitrogens is 1. The summed E-state index contributed by atoms with van der Waals surface area (Å²) in [7, 11) is 0. The van der Waals surface area contributed by atoms with Crippen LogP contribution in [0.4, 0.5) is 11.5 Å². The zero-order valence-electron chi connectivity index (χ0n) is 11.2. The number of hydrogen-bond acceptors (Lipinski definition) is 4. The van der Waals surface area contributed by atoms with Crippen molar-refractivity contribution in [3.05, 3.63) is 41.5 Å². The van der Waals surface area contributed by atoms with Gasteiger partial charge in [-0.05, 0) is 38.5 Å². The number of rotatable bonds is 2. The summed E-state index contributed by atoms with van der Waals surface area (Å²) in [4.78, 5) is 8.71. The number of hydrogen-bond donors (Lipinski definition) is 2. The van der Waals surface area contributed by atoms with Gasteiger partial charge in [0.2, 0.25) is 0 Å². The molecule has 0 spiro atoms. The van der Waals surface area contributed by atoms with E-state index in [0.29, 0.717) is 0 Å². The summed E-state index contributed by atoms with van der Waals surface area (Å²) >= 11 is 0. The third-order valence-electron chi connectivity index (χ3n) is 3.16. The molecule has 3 aromatic rings. The number of aromatic amines is 1. The van der Waals surface area contributed by atoms with Gasteiger partial charge in [0.15, 0.2) is 0 Å². The third kappa shape index (κ3) is 2.03. The Kier molecular flexibility index (Phi) is 2.67.